The molecular formula is C24H29N3O6. The highest BCUT2D eigenvalue weighted by Gasteiger charge is 2.28. The number of aliphatic carboxylic acids is 1. The largest absolute Gasteiger partial charge is 0.508 e. The van der Waals surface area contributed by atoms with Gasteiger partial charge in [0.2, 0.25) is 0 Å². The van der Waals surface area contributed by atoms with Gasteiger partial charge in [0.15, 0.2) is 0 Å². The Labute approximate surface area is 192 Å². The second kappa shape index (κ2) is 11.3. The molecule has 2 aromatic rings. The molecule has 1 fully saturated rings. The number of hydrogen-bond donors (Lipinski definition) is 5. The fourth-order valence-corrected chi connectivity index (χ4v) is 3.82. The van der Waals surface area contributed by atoms with Crippen LogP contribution in [0.2, 0.25) is 0 Å². The van der Waals surface area contributed by atoms with Gasteiger partial charge in [-0.2, -0.15) is 0 Å². The van der Waals surface area contributed by atoms with Gasteiger partial charge in [-0.05, 0) is 67.6 Å². The number of aliphatic hydroxyl groups is 1. The Morgan fingerprint density at radius 1 is 0.939 bits per heavy atom. The molecule has 9 nitrogen and oxygen atoms in total. The average molecular weight is 456 g/mol. The van der Waals surface area contributed by atoms with Crippen LogP contribution in [-0.4, -0.2) is 56.8 Å². The van der Waals surface area contributed by atoms with Gasteiger partial charge in [-0.1, -0.05) is 12.1 Å². The van der Waals surface area contributed by atoms with E-state index in [4.69, 9.17) is 5.11 Å². The molecular weight excluding hydrogens is 426 g/mol. The standard InChI is InChI=1S/C24H29N3O6/c28-20-9-5-18(6-10-20)26-24(33)27(19-7-11-21(29)12-8-19)15-16-1-3-17(4-2-16)23(32)25-14-13-22(30)31/h1-6,9-10,19,21,28-29H,7-8,11-15H2,(H,25,32)(H,26,33)(H,30,31). The van der Waals surface area contributed by atoms with Crippen LogP contribution in [0, 0.1) is 0 Å². The lowest BCUT2D eigenvalue weighted by atomic mass is 9.92. The van der Waals surface area contributed by atoms with Gasteiger partial charge in [-0.25, -0.2) is 4.79 Å². The molecule has 3 amide bonds. The van der Waals surface area contributed by atoms with E-state index in [9.17, 15) is 24.6 Å². The summed E-state index contributed by atoms with van der Waals surface area (Å²) in [5.74, 6) is -1.23. The number of benzene rings is 2. The van der Waals surface area contributed by atoms with Crippen LogP contribution < -0.4 is 10.6 Å². The Bertz CT molecular complexity index is 953. The molecule has 3 rings (SSSR count). The van der Waals surface area contributed by atoms with Crippen molar-refractivity contribution in [1.82, 2.24) is 10.2 Å². The number of aliphatic hydroxyl groups excluding tert-OH is 1. The molecule has 1 saturated carbocycles. The number of nitrogens with one attached hydrogen (secondary N) is 2. The summed E-state index contributed by atoms with van der Waals surface area (Å²) in [6, 6.07) is 12.7. The molecule has 0 spiro atoms. The number of amides is 3. The molecule has 0 bridgehead atoms. The van der Waals surface area contributed by atoms with E-state index < -0.39 is 5.97 Å². The van der Waals surface area contributed by atoms with Crippen molar-refractivity contribution in [2.45, 2.75) is 50.8 Å². The number of phenols is 1. The highest BCUT2D eigenvalue weighted by atomic mass is 16.4. The quantitative estimate of drug-likeness (QED) is 0.388. The number of carboxylic acid groups (broad SMARTS) is 1. The van der Waals surface area contributed by atoms with Gasteiger partial charge in [0.25, 0.3) is 5.91 Å². The predicted octanol–water partition coefficient (Wildman–Crippen LogP) is 2.93. The summed E-state index contributed by atoms with van der Waals surface area (Å²) in [5, 5.41) is 33.4. The molecule has 2 aromatic carbocycles. The van der Waals surface area contributed by atoms with E-state index >= 15 is 0 Å². The summed E-state index contributed by atoms with van der Waals surface area (Å²) in [4.78, 5) is 37.6. The number of carbonyl (C=O) groups is 3. The molecule has 0 aromatic heterocycles. The zero-order chi connectivity index (χ0) is 23.8. The minimum Gasteiger partial charge on any atom is -0.508 e. The number of rotatable bonds is 8. The normalized spacial score (nSPS) is 17.7. The summed E-state index contributed by atoms with van der Waals surface area (Å²) in [6.07, 6.45) is 2.14. The number of carboxylic acids is 1. The molecule has 0 unspecified atom stereocenters. The number of hydrogen-bond acceptors (Lipinski definition) is 5. The fraction of sp³-hybridized carbons (Fsp3) is 0.375. The van der Waals surface area contributed by atoms with E-state index in [1.165, 1.54) is 12.1 Å². The van der Waals surface area contributed by atoms with Crippen LogP contribution in [0.25, 0.3) is 0 Å². The van der Waals surface area contributed by atoms with Crippen molar-refractivity contribution in [2.24, 2.45) is 0 Å². The maximum atomic E-state index is 13.1. The van der Waals surface area contributed by atoms with Crippen LogP contribution in [-0.2, 0) is 11.3 Å². The molecule has 176 valence electrons. The Hall–Kier alpha value is -3.59. The molecule has 0 atom stereocenters. The molecule has 0 radical (unpaired) electrons. The monoisotopic (exact) mass is 455 g/mol. The van der Waals surface area contributed by atoms with Gasteiger partial charge >= 0.3 is 12.0 Å². The highest BCUT2D eigenvalue weighted by molar-refractivity contribution is 5.94. The number of carbonyl (C=O) groups excluding carboxylic acids is 2. The number of nitrogens with zero attached hydrogens (tertiary/aromatic N) is 1. The van der Waals surface area contributed by atoms with Crippen molar-refractivity contribution in [2.75, 3.05) is 11.9 Å². The minimum absolute atomic E-state index is 0.0375. The zero-order valence-corrected chi connectivity index (χ0v) is 18.2. The van der Waals surface area contributed by atoms with E-state index in [2.05, 4.69) is 10.6 Å². The first-order valence-electron chi connectivity index (χ1n) is 11.0. The first-order valence-corrected chi connectivity index (χ1v) is 11.0. The van der Waals surface area contributed by atoms with Crippen LogP contribution in [0.15, 0.2) is 48.5 Å². The first kappa shape index (κ1) is 24.1. The van der Waals surface area contributed by atoms with E-state index in [1.807, 2.05) is 0 Å². The summed E-state index contributed by atoms with van der Waals surface area (Å²) in [6.45, 7) is 0.375. The van der Waals surface area contributed by atoms with Crippen molar-refractivity contribution in [1.29, 1.82) is 0 Å². The molecule has 1 aliphatic rings. The van der Waals surface area contributed by atoms with Gasteiger partial charge in [0, 0.05) is 30.4 Å². The van der Waals surface area contributed by atoms with Crippen molar-refractivity contribution >= 4 is 23.6 Å². The molecule has 0 heterocycles. The van der Waals surface area contributed by atoms with Gasteiger partial charge in [-0.3, -0.25) is 9.59 Å². The molecule has 0 aliphatic heterocycles. The smallest absolute Gasteiger partial charge is 0.322 e. The third kappa shape index (κ3) is 7.21. The van der Waals surface area contributed by atoms with Crippen LogP contribution in [0.1, 0.15) is 48.0 Å². The number of anilines is 1. The molecule has 5 N–H and O–H groups in total. The van der Waals surface area contributed by atoms with Crippen molar-refractivity contribution < 1.29 is 29.7 Å². The fourth-order valence-electron chi connectivity index (χ4n) is 3.82. The van der Waals surface area contributed by atoms with Crippen LogP contribution in [0.3, 0.4) is 0 Å². The minimum atomic E-state index is -0.980. The van der Waals surface area contributed by atoms with Gasteiger partial charge in [0.05, 0.1) is 12.5 Å². The van der Waals surface area contributed by atoms with Crippen LogP contribution in [0.4, 0.5) is 10.5 Å². The third-order valence-electron chi connectivity index (χ3n) is 5.68. The van der Waals surface area contributed by atoms with E-state index in [1.54, 1.807) is 41.3 Å². The topological polar surface area (TPSA) is 139 Å². The van der Waals surface area contributed by atoms with Crippen molar-refractivity contribution in [3.05, 3.63) is 59.7 Å². The van der Waals surface area contributed by atoms with Crippen LogP contribution in [0.5, 0.6) is 5.75 Å². The Morgan fingerprint density at radius 3 is 2.18 bits per heavy atom. The summed E-state index contributed by atoms with van der Waals surface area (Å²) >= 11 is 0. The lowest BCUT2D eigenvalue weighted by Gasteiger charge is -2.36. The Kier molecular flexibility index (Phi) is 8.26. The van der Waals surface area contributed by atoms with E-state index in [0.717, 1.165) is 5.56 Å². The predicted molar refractivity (Wildman–Crippen MR) is 122 cm³/mol. The van der Waals surface area contributed by atoms with Gasteiger partial charge in [-0.15, -0.1) is 0 Å². The van der Waals surface area contributed by atoms with Gasteiger partial charge in [0.1, 0.15) is 5.75 Å². The molecule has 33 heavy (non-hydrogen) atoms. The number of urea groups is 1. The highest BCUT2D eigenvalue weighted by Crippen LogP contribution is 2.26. The summed E-state index contributed by atoms with van der Waals surface area (Å²) in [5.41, 5.74) is 1.81. The van der Waals surface area contributed by atoms with Crippen molar-refractivity contribution in [3.8, 4) is 5.75 Å². The summed E-state index contributed by atoms with van der Waals surface area (Å²) < 4.78 is 0. The van der Waals surface area contributed by atoms with Crippen LogP contribution >= 0.6 is 0 Å². The second-order valence-electron chi connectivity index (χ2n) is 8.16. The molecule has 0 saturated heterocycles. The zero-order valence-electron chi connectivity index (χ0n) is 18.2. The number of aromatic hydroxyl groups is 1. The molecule has 9 heteroatoms. The molecule has 1 aliphatic carbocycles. The number of phenolic OH excluding ortho intramolecular Hbond substituents is 1. The second-order valence-corrected chi connectivity index (χ2v) is 8.16. The Morgan fingerprint density at radius 2 is 1.58 bits per heavy atom. The SMILES string of the molecule is O=C(O)CCNC(=O)c1ccc(CN(C(=O)Nc2ccc(O)cc2)C2CCC(O)CC2)cc1. The van der Waals surface area contributed by atoms with E-state index in [-0.39, 0.29) is 42.8 Å². The average Bonchev–Trinajstić information content (AvgIpc) is 2.80. The maximum absolute atomic E-state index is 13.1. The van der Waals surface area contributed by atoms with Crippen molar-refractivity contribution in [3.63, 3.8) is 0 Å². The summed E-state index contributed by atoms with van der Waals surface area (Å²) in [7, 11) is 0. The Balaban J connectivity index is 1.68. The third-order valence-corrected chi connectivity index (χ3v) is 5.68. The maximum Gasteiger partial charge on any atom is 0.322 e. The lowest BCUT2D eigenvalue weighted by molar-refractivity contribution is -0.136. The van der Waals surface area contributed by atoms with Gasteiger partial charge < -0.3 is 30.9 Å². The first-order chi connectivity index (χ1) is 15.8. The lowest BCUT2D eigenvalue weighted by Crippen LogP contribution is -2.44. The van der Waals surface area contributed by atoms with E-state index in [0.29, 0.717) is 43.5 Å².